The van der Waals surface area contributed by atoms with Gasteiger partial charge in [-0.05, 0) is 74.7 Å². The first kappa shape index (κ1) is 38.3. The van der Waals surface area contributed by atoms with Crippen molar-refractivity contribution in [1.29, 1.82) is 0 Å². The van der Waals surface area contributed by atoms with Gasteiger partial charge in [0.15, 0.2) is 0 Å². The van der Waals surface area contributed by atoms with E-state index >= 15 is 0 Å². The molecule has 3 aliphatic heterocycles. The van der Waals surface area contributed by atoms with Crippen molar-refractivity contribution < 1.29 is 29.3 Å². The minimum atomic E-state index is -2.51. The average Bonchev–Trinajstić information content (AvgIpc) is 3.91. The summed E-state index contributed by atoms with van der Waals surface area (Å²) in [6.45, 7) is 17.9. The zero-order chi connectivity index (χ0) is 50.0. The van der Waals surface area contributed by atoms with Crippen LogP contribution in [0.5, 0.6) is 0 Å². The van der Waals surface area contributed by atoms with E-state index in [4.69, 9.17) is 13.5 Å². The normalized spacial score (nSPS) is 15.4. The number of aryl methyl sites for hydroxylation is 3. The largest absolute Gasteiger partial charge is 4.00 e. The van der Waals surface area contributed by atoms with Gasteiger partial charge in [-0.2, -0.15) is 0 Å². The van der Waals surface area contributed by atoms with E-state index in [9.17, 15) is 0 Å². The Balaban J connectivity index is 0.000000235. The molecule has 0 atom stereocenters. The van der Waals surface area contributed by atoms with Gasteiger partial charge in [-0.15, -0.1) is 59.8 Å². The van der Waals surface area contributed by atoms with Crippen molar-refractivity contribution in [3.8, 4) is 11.1 Å². The number of benzene rings is 5. The Hall–Kier alpha value is -5.99. The number of fused-ring (bicyclic) bond motifs is 4. The molecule has 0 aliphatic carbocycles. The first-order valence-electron chi connectivity index (χ1n) is 24.9. The fourth-order valence-electron chi connectivity index (χ4n) is 9.28. The molecule has 0 saturated heterocycles. The molecular formula is C54H56BN9Pt. The van der Waals surface area contributed by atoms with Gasteiger partial charge in [0.1, 0.15) is 23.3 Å². The van der Waals surface area contributed by atoms with Gasteiger partial charge in [0, 0.05) is 33.0 Å². The number of aromatic nitrogens is 4. The third-order valence-electron chi connectivity index (χ3n) is 12.2. The maximum atomic E-state index is 8.17. The maximum absolute atomic E-state index is 8.17. The smallest absolute Gasteiger partial charge is 0.659 e. The van der Waals surface area contributed by atoms with Gasteiger partial charge < -0.3 is 24.9 Å². The van der Waals surface area contributed by atoms with Crippen LogP contribution in [0.3, 0.4) is 0 Å². The zero-order valence-corrected chi connectivity index (χ0v) is 40.5. The molecule has 0 amide bonds. The molecule has 0 radical (unpaired) electrons. The fourth-order valence-corrected chi connectivity index (χ4v) is 9.28. The van der Waals surface area contributed by atoms with Gasteiger partial charge in [0.2, 0.25) is 6.71 Å². The maximum Gasteiger partial charge on any atom is 4.00 e. The molecule has 7 aromatic rings. The summed E-state index contributed by atoms with van der Waals surface area (Å²) in [4.78, 5) is 23.2. The van der Waals surface area contributed by atoms with Crippen LogP contribution in [-0.4, -0.2) is 40.6 Å². The first-order valence-corrected chi connectivity index (χ1v) is 21.9. The van der Waals surface area contributed by atoms with Crippen LogP contribution in [0.4, 0.5) is 46.0 Å². The summed E-state index contributed by atoms with van der Waals surface area (Å²) in [5.74, 6) is 1.75. The minimum absolute atomic E-state index is 0. The Morgan fingerprint density at radius 2 is 1.05 bits per heavy atom. The molecule has 0 fully saturated rings. The number of rotatable bonds is 7. The predicted molar refractivity (Wildman–Crippen MR) is 268 cm³/mol. The Morgan fingerprint density at radius 1 is 0.600 bits per heavy atom. The molecule has 10 rings (SSSR count). The second-order valence-electron chi connectivity index (χ2n) is 17.8. The summed E-state index contributed by atoms with van der Waals surface area (Å²) in [6, 6.07) is 33.6. The molecule has 5 aromatic carbocycles. The van der Waals surface area contributed by atoms with Crippen LogP contribution >= 0.6 is 0 Å². The fraction of sp³-hybridized carbons (Fsp3) is 0.259. The van der Waals surface area contributed by atoms with Crippen LogP contribution in [0.15, 0.2) is 110 Å². The van der Waals surface area contributed by atoms with E-state index < -0.39 is 14.0 Å². The summed E-state index contributed by atoms with van der Waals surface area (Å²) in [5, 5.41) is 4.86. The van der Waals surface area contributed by atoms with Gasteiger partial charge in [0.05, 0.1) is 0 Å². The Morgan fingerprint density at radius 3 is 1.48 bits per heavy atom. The van der Waals surface area contributed by atoms with Crippen LogP contribution < -0.4 is 36.0 Å². The van der Waals surface area contributed by atoms with E-state index in [-0.39, 0.29) is 51.2 Å². The van der Waals surface area contributed by atoms with E-state index in [2.05, 4.69) is 161 Å². The van der Waals surface area contributed by atoms with Crippen LogP contribution in [0.2, 0.25) is 0 Å². The van der Waals surface area contributed by atoms with E-state index in [0.717, 1.165) is 32.3 Å². The molecular weight excluding hydrogens is 981 g/mol. The standard InChI is InChI=1S/C33H37N8.C21H19BN.Pt/c1-20(2)23-15-27(21(3)4)29(28(16-23)22(5)6)24-13-25(40-18-38(7)30-32(40)36-11-9-34-30)17-26(14-24)41-19-39(8)31-33(41)37-12-10-35-31;1-14-12-15(2)21(16(3)13-14)22-17-8-4-6-10-19(17)23-20-11-7-5-9-18(20)22;/h9-16,18-22H,1-8H3;4-13H,1-3H3;/q-3;-1;+4/i7D3,8D3;;. The number of para-hydroxylation sites is 2. The molecule has 0 unspecified atom stereocenters. The van der Waals surface area contributed by atoms with E-state index in [0.29, 0.717) is 28.9 Å². The Bertz CT molecular complexity index is 2920. The predicted octanol–water partition coefficient (Wildman–Crippen LogP) is 11.3. The molecule has 2 aromatic heterocycles. The van der Waals surface area contributed by atoms with Crippen molar-refractivity contribution in [2.24, 2.45) is 0 Å². The van der Waals surface area contributed by atoms with Crippen molar-refractivity contribution in [2.45, 2.75) is 80.1 Å². The van der Waals surface area contributed by atoms with E-state index in [1.54, 1.807) is 9.80 Å². The monoisotopic (exact) mass is 1040 g/mol. The van der Waals surface area contributed by atoms with Crippen LogP contribution in [0, 0.1) is 40.2 Å². The molecule has 9 nitrogen and oxygen atoms in total. The van der Waals surface area contributed by atoms with Crippen molar-refractivity contribution >= 4 is 69.1 Å². The van der Waals surface area contributed by atoms with Crippen molar-refractivity contribution in [3.63, 3.8) is 0 Å². The first-order chi connectivity index (χ1) is 33.2. The molecule has 11 heteroatoms. The third-order valence-corrected chi connectivity index (χ3v) is 12.2. The number of hydrogen-bond acceptors (Lipinski definition) is 8. The Kier molecular flexibility index (Phi) is 10.9. The SMILES string of the molecule is Cc1cc(C)c(B2c3ccccc3[N-]c3ccccc32)c(C)c1.[2H]C([2H])([2H])N1[CH-]N(c2[c-]c(N3[CH-]N(C([2H])([2H])[2H])c4nccnc43)cc(-c3c(C(C)C)cc(C(C)C)cc3C(C)C)c2)c2nccnc21.[Pt+4]. The van der Waals surface area contributed by atoms with E-state index in [1.807, 2.05) is 12.1 Å². The van der Waals surface area contributed by atoms with Gasteiger partial charge in [-0.25, -0.2) is 19.9 Å². The molecule has 0 spiro atoms. The zero-order valence-electron chi connectivity index (χ0n) is 44.2. The van der Waals surface area contributed by atoms with Crippen LogP contribution in [0.1, 0.15) is 101 Å². The molecule has 5 heterocycles. The summed E-state index contributed by atoms with van der Waals surface area (Å²) < 4.78 is 49.0. The van der Waals surface area contributed by atoms with Gasteiger partial charge in [0.25, 0.3) is 0 Å². The molecule has 0 bridgehead atoms. The number of anilines is 6. The summed E-state index contributed by atoms with van der Waals surface area (Å²) in [7, 11) is 0. The summed E-state index contributed by atoms with van der Waals surface area (Å²) in [5.41, 5.74) is 16.8. The number of nitrogens with zero attached hydrogens (tertiary/aromatic N) is 9. The average molecular weight is 1040 g/mol. The summed E-state index contributed by atoms with van der Waals surface area (Å²) >= 11 is 0. The van der Waals surface area contributed by atoms with Crippen LogP contribution in [0.25, 0.3) is 16.4 Å². The van der Waals surface area contributed by atoms with Gasteiger partial charge >= 0.3 is 21.1 Å². The van der Waals surface area contributed by atoms with Crippen LogP contribution in [-0.2, 0) is 21.1 Å². The Labute approximate surface area is 409 Å². The second kappa shape index (κ2) is 18.5. The quantitative estimate of drug-likeness (QED) is 0.115. The molecule has 65 heavy (non-hydrogen) atoms. The molecule has 0 saturated carbocycles. The molecule has 0 N–H and O–H groups in total. The number of hydrogen-bond donors (Lipinski definition) is 0. The third kappa shape index (κ3) is 8.54. The van der Waals surface area contributed by atoms with Gasteiger partial charge in [-0.3, -0.25) is 0 Å². The molecule has 330 valence electrons. The van der Waals surface area contributed by atoms with Crippen molar-refractivity contribution in [1.82, 2.24) is 19.9 Å². The minimum Gasteiger partial charge on any atom is -0.659 e. The summed E-state index contributed by atoms with van der Waals surface area (Å²) in [6.07, 6.45) is 5.94. The second-order valence-corrected chi connectivity index (χ2v) is 17.8. The van der Waals surface area contributed by atoms with Crippen molar-refractivity contribution in [3.05, 3.63) is 168 Å². The van der Waals surface area contributed by atoms with E-state index in [1.165, 1.54) is 87.9 Å². The molecule has 3 aliphatic rings. The van der Waals surface area contributed by atoms with Gasteiger partial charge in [-0.1, -0.05) is 147 Å². The van der Waals surface area contributed by atoms with Crippen molar-refractivity contribution in [2.75, 3.05) is 33.6 Å². The topological polar surface area (TPSA) is 78.6 Å².